The van der Waals surface area contributed by atoms with Gasteiger partial charge in [-0.2, -0.15) is 0 Å². The van der Waals surface area contributed by atoms with Gasteiger partial charge in [0.2, 0.25) is 5.78 Å². The van der Waals surface area contributed by atoms with Gasteiger partial charge < -0.3 is 4.74 Å². The van der Waals surface area contributed by atoms with Crippen molar-refractivity contribution in [3.8, 4) is 0 Å². The number of halogens is 1. The Hall–Kier alpha value is -2.00. The van der Waals surface area contributed by atoms with Crippen LogP contribution < -0.4 is 0 Å². The second-order valence-electron chi connectivity index (χ2n) is 5.26. The summed E-state index contributed by atoms with van der Waals surface area (Å²) < 4.78 is 20.5. The molecule has 3 heteroatoms. The van der Waals surface area contributed by atoms with Crippen LogP contribution in [-0.2, 0) is 10.3 Å². The molecule has 0 unspecified atom stereocenters. The van der Waals surface area contributed by atoms with Crippen LogP contribution in [0.1, 0.15) is 28.8 Å². The maximum absolute atomic E-state index is 14.8. The first-order chi connectivity index (χ1) is 10.2. The summed E-state index contributed by atoms with van der Waals surface area (Å²) >= 11 is 0. The fraction of sp³-hybridized carbons (Fsp3) is 0.278. The van der Waals surface area contributed by atoms with Crippen molar-refractivity contribution in [2.45, 2.75) is 24.6 Å². The number of Topliss-reactive ketones (excluding diaryl/α,β-unsaturated/α-hetero) is 1. The van der Waals surface area contributed by atoms with Crippen LogP contribution >= 0.6 is 0 Å². The molecule has 108 valence electrons. The lowest BCUT2D eigenvalue weighted by Gasteiger charge is -2.39. The molecule has 1 heterocycles. The van der Waals surface area contributed by atoms with Crippen molar-refractivity contribution >= 4 is 5.78 Å². The van der Waals surface area contributed by atoms with E-state index in [0.29, 0.717) is 30.6 Å². The largest absolute Gasteiger partial charge is 0.359 e. The zero-order valence-corrected chi connectivity index (χ0v) is 11.7. The normalized spacial score (nSPS) is 25.5. The summed E-state index contributed by atoms with van der Waals surface area (Å²) in [6, 6.07) is 17.8. The Morgan fingerprint density at radius 1 is 1.05 bits per heavy atom. The van der Waals surface area contributed by atoms with Crippen molar-refractivity contribution in [3.63, 3.8) is 0 Å². The van der Waals surface area contributed by atoms with Crippen LogP contribution in [0, 0.1) is 0 Å². The predicted molar refractivity (Wildman–Crippen MR) is 79.0 cm³/mol. The summed E-state index contributed by atoms with van der Waals surface area (Å²) in [7, 11) is 0. The molecule has 0 aromatic heterocycles. The summed E-state index contributed by atoms with van der Waals surface area (Å²) in [5, 5.41) is 0. The number of rotatable bonds is 3. The minimum absolute atomic E-state index is 0.304. The van der Waals surface area contributed by atoms with Gasteiger partial charge in [-0.15, -0.1) is 0 Å². The van der Waals surface area contributed by atoms with Crippen molar-refractivity contribution in [2.75, 3.05) is 6.61 Å². The monoisotopic (exact) mass is 284 g/mol. The number of ether oxygens (including phenoxy) is 1. The standard InChI is InChI=1S/C18H17FO2/c19-16-12-7-13-21-18(16,15-10-5-2-6-11-15)17(20)14-8-3-1-4-9-14/h1-6,8-11,16H,7,12-13H2/t16-,18+/m1/s1. The third kappa shape index (κ3) is 2.38. The summed E-state index contributed by atoms with van der Waals surface area (Å²) in [5.74, 6) is -0.304. The van der Waals surface area contributed by atoms with Crippen molar-refractivity contribution in [1.29, 1.82) is 0 Å². The fourth-order valence-electron chi connectivity index (χ4n) is 2.88. The summed E-state index contributed by atoms with van der Waals surface area (Å²) in [6.45, 7) is 0.397. The Morgan fingerprint density at radius 3 is 2.29 bits per heavy atom. The van der Waals surface area contributed by atoms with Crippen molar-refractivity contribution in [1.82, 2.24) is 0 Å². The molecule has 0 bridgehead atoms. The molecule has 1 fully saturated rings. The molecule has 0 N–H and O–H groups in total. The average Bonchev–Trinajstić information content (AvgIpc) is 2.56. The lowest BCUT2D eigenvalue weighted by molar-refractivity contribution is -0.104. The summed E-state index contributed by atoms with van der Waals surface area (Å²) in [6.07, 6.45) is -0.355. The minimum atomic E-state index is -1.51. The molecule has 0 radical (unpaired) electrons. The molecule has 0 amide bonds. The number of benzene rings is 2. The lowest BCUT2D eigenvalue weighted by atomic mass is 9.79. The van der Waals surface area contributed by atoms with E-state index in [1.165, 1.54) is 0 Å². The van der Waals surface area contributed by atoms with Gasteiger partial charge >= 0.3 is 0 Å². The molecule has 21 heavy (non-hydrogen) atoms. The number of ketones is 1. The van der Waals surface area contributed by atoms with Gasteiger partial charge in [-0.25, -0.2) is 4.39 Å². The summed E-state index contributed by atoms with van der Waals surface area (Å²) in [5.41, 5.74) is -0.446. The van der Waals surface area contributed by atoms with Crippen molar-refractivity contribution in [3.05, 3.63) is 71.8 Å². The molecule has 0 spiro atoms. The van der Waals surface area contributed by atoms with Crippen LogP contribution in [0.4, 0.5) is 4.39 Å². The first-order valence-electron chi connectivity index (χ1n) is 7.18. The SMILES string of the molecule is O=C(c1ccccc1)[C@@]1(c2ccccc2)OCCC[C@H]1F. The molecular weight excluding hydrogens is 267 g/mol. The third-order valence-electron chi connectivity index (χ3n) is 3.95. The van der Waals surface area contributed by atoms with Gasteiger partial charge in [-0.05, 0) is 18.4 Å². The predicted octanol–water partition coefficient (Wildman–Crippen LogP) is 3.91. The highest BCUT2D eigenvalue weighted by molar-refractivity contribution is 6.03. The Bertz CT molecular complexity index is 612. The number of hydrogen-bond acceptors (Lipinski definition) is 2. The van der Waals surface area contributed by atoms with E-state index in [1.54, 1.807) is 48.5 Å². The molecule has 2 nitrogen and oxygen atoms in total. The topological polar surface area (TPSA) is 26.3 Å². The third-order valence-corrected chi connectivity index (χ3v) is 3.95. The van der Waals surface area contributed by atoms with E-state index in [0.717, 1.165) is 0 Å². The smallest absolute Gasteiger partial charge is 0.202 e. The maximum Gasteiger partial charge on any atom is 0.202 e. The highest BCUT2D eigenvalue weighted by Gasteiger charge is 2.50. The second-order valence-corrected chi connectivity index (χ2v) is 5.26. The molecule has 1 saturated heterocycles. The van der Waals surface area contributed by atoms with Crippen LogP contribution in [-0.4, -0.2) is 18.6 Å². The molecule has 1 aliphatic rings. The van der Waals surface area contributed by atoms with Gasteiger partial charge in [0, 0.05) is 12.2 Å². The minimum Gasteiger partial charge on any atom is -0.359 e. The zero-order chi connectivity index (χ0) is 14.7. The van der Waals surface area contributed by atoms with E-state index in [9.17, 15) is 9.18 Å². The van der Waals surface area contributed by atoms with Crippen LogP contribution in [0.25, 0.3) is 0 Å². The van der Waals surface area contributed by atoms with Gasteiger partial charge in [0.05, 0.1) is 0 Å². The molecule has 0 aliphatic carbocycles. The first kappa shape index (κ1) is 14.0. The number of carbonyl (C=O) groups excluding carboxylic acids is 1. The first-order valence-corrected chi connectivity index (χ1v) is 7.18. The molecule has 2 aromatic rings. The van der Waals surface area contributed by atoms with Crippen molar-refractivity contribution in [2.24, 2.45) is 0 Å². The fourth-order valence-corrected chi connectivity index (χ4v) is 2.88. The Labute approximate surface area is 123 Å². The molecule has 2 atom stereocenters. The van der Waals surface area contributed by atoms with Gasteiger partial charge in [0.15, 0.2) is 5.60 Å². The van der Waals surface area contributed by atoms with Gasteiger partial charge in [0.25, 0.3) is 0 Å². The van der Waals surface area contributed by atoms with E-state index in [4.69, 9.17) is 4.74 Å². The Balaban J connectivity index is 2.11. The van der Waals surface area contributed by atoms with E-state index < -0.39 is 11.8 Å². The zero-order valence-electron chi connectivity index (χ0n) is 11.7. The van der Waals surface area contributed by atoms with Crippen LogP contribution in [0.2, 0.25) is 0 Å². The maximum atomic E-state index is 14.8. The van der Waals surface area contributed by atoms with Crippen molar-refractivity contribution < 1.29 is 13.9 Å². The Kier molecular flexibility index (Phi) is 3.84. The van der Waals surface area contributed by atoms with E-state index in [1.807, 2.05) is 12.1 Å². The quantitative estimate of drug-likeness (QED) is 0.799. The number of carbonyl (C=O) groups is 1. The van der Waals surface area contributed by atoms with E-state index in [2.05, 4.69) is 0 Å². The second kappa shape index (κ2) is 5.78. The van der Waals surface area contributed by atoms with Gasteiger partial charge in [-0.3, -0.25) is 4.79 Å². The van der Waals surface area contributed by atoms with Gasteiger partial charge in [0.1, 0.15) is 6.17 Å². The van der Waals surface area contributed by atoms with Crippen LogP contribution in [0.5, 0.6) is 0 Å². The number of alkyl halides is 1. The Morgan fingerprint density at radius 2 is 1.67 bits per heavy atom. The molecule has 1 aliphatic heterocycles. The molecule has 2 aromatic carbocycles. The highest BCUT2D eigenvalue weighted by Crippen LogP contribution is 2.40. The molecular formula is C18H17FO2. The molecule has 0 saturated carbocycles. The van der Waals surface area contributed by atoms with E-state index >= 15 is 0 Å². The average molecular weight is 284 g/mol. The lowest BCUT2D eigenvalue weighted by Crippen LogP contribution is -2.50. The summed E-state index contributed by atoms with van der Waals surface area (Å²) in [4.78, 5) is 13.0. The highest BCUT2D eigenvalue weighted by atomic mass is 19.1. The van der Waals surface area contributed by atoms with Crippen LogP contribution in [0.3, 0.4) is 0 Å². The van der Waals surface area contributed by atoms with Crippen LogP contribution in [0.15, 0.2) is 60.7 Å². The molecule has 3 rings (SSSR count). The van der Waals surface area contributed by atoms with E-state index in [-0.39, 0.29) is 5.78 Å². The number of hydrogen-bond donors (Lipinski definition) is 0. The van der Waals surface area contributed by atoms with Gasteiger partial charge in [-0.1, -0.05) is 60.7 Å².